The van der Waals surface area contributed by atoms with Crippen molar-refractivity contribution >= 4 is 5.97 Å². The zero-order valence-corrected chi connectivity index (χ0v) is 10.4. The second-order valence-electron chi connectivity index (χ2n) is 5.25. The molecule has 1 saturated heterocycles. The van der Waals surface area contributed by atoms with Crippen LogP contribution < -0.4 is 0 Å². The Morgan fingerprint density at radius 1 is 1.22 bits per heavy atom. The molecule has 3 rings (SSSR count). The number of rotatable bonds is 3. The van der Waals surface area contributed by atoms with E-state index in [0.29, 0.717) is 12.5 Å². The predicted octanol–water partition coefficient (Wildman–Crippen LogP) is 2.69. The van der Waals surface area contributed by atoms with Crippen LogP contribution in [0.3, 0.4) is 0 Å². The molecule has 2 fully saturated rings. The van der Waals surface area contributed by atoms with Crippen LogP contribution in [-0.2, 0) is 20.9 Å². The minimum atomic E-state index is -0.333. The van der Waals surface area contributed by atoms with Crippen molar-refractivity contribution in [3.63, 3.8) is 0 Å². The summed E-state index contributed by atoms with van der Waals surface area (Å²) in [5, 5.41) is 0. The number of carbonyl (C=O) groups excluding carboxylic acids is 1. The van der Waals surface area contributed by atoms with Gasteiger partial charge in [0, 0.05) is 0 Å². The predicted molar refractivity (Wildman–Crippen MR) is 66.9 cm³/mol. The van der Waals surface area contributed by atoms with E-state index in [1.54, 1.807) is 0 Å². The molecule has 2 aliphatic rings. The van der Waals surface area contributed by atoms with Gasteiger partial charge in [0.1, 0.15) is 6.61 Å². The van der Waals surface area contributed by atoms with Crippen LogP contribution in [0.1, 0.15) is 31.2 Å². The molecule has 0 amide bonds. The fourth-order valence-electron chi connectivity index (χ4n) is 2.93. The first-order valence-electron chi connectivity index (χ1n) is 6.67. The van der Waals surface area contributed by atoms with Crippen LogP contribution >= 0.6 is 0 Å². The van der Waals surface area contributed by atoms with Crippen LogP contribution in [0.25, 0.3) is 0 Å². The third-order valence-corrected chi connectivity index (χ3v) is 3.88. The highest BCUT2D eigenvalue weighted by atomic mass is 16.6. The quantitative estimate of drug-likeness (QED) is 0.769. The molecule has 1 heterocycles. The molecule has 96 valence electrons. The van der Waals surface area contributed by atoms with Crippen molar-refractivity contribution in [2.45, 2.75) is 44.5 Å². The highest BCUT2D eigenvalue weighted by Gasteiger charge is 2.38. The SMILES string of the molecule is O=C(OCc1ccccc1)C1CC2CCC(C2)O1. The first-order chi connectivity index (χ1) is 8.81. The Morgan fingerprint density at radius 3 is 2.83 bits per heavy atom. The molecule has 3 atom stereocenters. The van der Waals surface area contributed by atoms with E-state index >= 15 is 0 Å². The summed E-state index contributed by atoms with van der Waals surface area (Å²) in [5.41, 5.74) is 1.02. The minimum absolute atomic E-state index is 0.199. The van der Waals surface area contributed by atoms with Gasteiger partial charge in [-0.2, -0.15) is 0 Å². The van der Waals surface area contributed by atoms with Gasteiger partial charge in [-0.05, 0) is 37.2 Å². The van der Waals surface area contributed by atoms with Gasteiger partial charge in [-0.1, -0.05) is 30.3 Å². The van der Waals surface area contributed by atoms with Gasteiger partial charge >= 0.3 is 5.97 Å². The second-order valence-corrected chi connectivity index (χ2v) is 5.25. The van der Waals surface area contributed by atoms with Crippen molar-refractivity contribution in [3.8, 4) is 0 Å². The maximum Gasteiger partial charge on any atom is 0.335 e. The molecular formula is C15H18O3. The maximum absolute atomic E-state index is 11.9. The Hall–Kier alpha value is -1.35. The summed E-state index contributed by atoms with van der Waals surface area (Å²) in [6.45, 7) is 0.342. The number of carbonyl (C=O) groups is 1. The summed E-state index contributed by atoms with van der Waals surface area (Å²) < 4.78 is 11.1. The summed E-state index contributed by atoms with van der Waals surface area (Å²) in [6.07, 6.45) is 4.23. The van der Waals surface area contributed by atoms with Gasteiger partial charge in [-0.15, -0.1) is 0 Å². The first-order valence-corrected chi connectivity index (χ1v) is 6.67. The minimum Gasteiger partial charge on any atom is -0.459 e. The largest absolute Gasteiger partial charge is 0.459 e. The molecule has 3 nitrogen and oxygen atoms in total. The maximum atomic E-state index is 11.9. The Kier molecular flexibility index (Phi) is 3.33. The van der Waals surface area contributed by atoms with Gasteiger partial charge in [-0.3, -0.25) is 0 Å². The van der Waals surface area contributed by atoms with Crippen LogP contribution in [0, 0.1) is 5.92 Å². The molecule has 18 heavy (non-hydrogen) atoms. The van der Waals surface area contributed by atoms with Gasteiger partial charge in [0.05, 0.1) is 6.10 Å². The molecule has 0 N–H and O–H groups in total. The lowest BCUT2D eigenvalue weighted by Gasteiger charge is -2.26. The van der Waals surface area contributed by atoms with Crippen LogP contribution in [-0.4, -0.2) is 18.2 Å². The smallest absolute Gasteiger partial charge is 0.335 e. The topological polar surface area (TPSA) is 35.5 Å². The van der Waals surface area contributed by atoms with Crippen molar-refractivity contribution in [2.24, 2.45) is 5.92 Å². The summed E-state index contributed by atoms with van der Waals surface area (Å²) in [7, 11) is 0. The van der Waals surface area contributed by atoms with Gasteiger partial charge in [0.15, 0.2) is 6.10 Å². The van der Waals surface area contributed by atoms with Crippen molar-refractivity contribution in [3.05, 3.63) is 35.9 Å². The Balaban J connectivity index is 1.53. The number of esters is 1. The zero-order chi connectivity index (χ0) is 12.4. The molecule has 3 unspecified atom stereocenters. The Bertz CT molecular complexity index is 403. The number of hydrogen-bond donors (Lipinski definition) is 0. The van der Waals surface area contributed by atoms with E-state index in [-0.39, 0.29) is 18.2 Å². The van der Waals surface area contributed by atoms with E-state index in [9.17, 15) is 4.79 Å². The van der Waals surface area contributed by atoms with Crippen LogP contribution in [0.5, 0.6) is 0 Å². The molecule has 2 bridgehead atoms. The second kappa shape index (κ2) is 5.11. The normalized spacial score (nSPS) is 30.1. The lowest BCUT2D eigenvalue weighted by molar-refractivity contribution is -0.166. The van der Waals surface area contributed by atoms with Crippen molar-refractivity contribution in [1.82, 2.24) is 0 Å². The van der Waals surface area contributed by atoms with Crippen molar-refractivity contribution < 1.29 is 14.3 Å². The van der Waals surface area contributed by atoms with Crippen molar-refractivity contribution in [2.75, 3.05) is 0 Å². The highest BCUT2D eigenvalue weighted by Crippen LogP contribution is 2.37. The monoisotopic (exact) mass is 246 g/mol. The summed E-state index contributed by atoms with van der Waals surface area (Å²) >= 11 is 0. The molecular weight excluding hydrogens is 228 g/mol. The zero-order valence-electron chi connectivity index (χ0n) is 10.4. The molecule has 1 aliphatic heterocycles. The van der Waals surface area contributed by atoms with E-state index in [1.165, 1.54) is 6.42 Å². The molecule has 0 spiro atoms. The lowest BCUT2D eigenvalue weighted by Crippen LogP contribution is -2.34. The number of hydrogen-bond acceptors (Lipinski definition) is 3. The van der Waals surface area contributed by atoms with E-state index in [4.69, 9.17) is 9.47 Å². The Morgan fingerprint density at radius 2 is 2.06 bits per heavy atom. The average molecular weight is 246 g/mol. The molecule has 1 aromatic rings. The van der Waals surface area contributed by atoms with Crippen LogP contribution in [0.2, 0.25) is 0 Å². The average Bonchev–Trinajstić information content (AvgIpc) is 2.76. The van der Waals surface area contributed by atoms with E-state index < -0.39 is 0 Å². The van der Waals surface area contributed by atoms with Gasteiger partial charge in [-0.25, -0.2) is 4.79 Å². The molecule has 0 radical (unpaired) electrons. The van der Waals surface area contributed by atoms with Gasteiger partial charge in [0.25, 0.3) is 0 Å². The van der Waals surface area contributed by atoms with Crippen molar-refractivity contribution in [1.29, 1.82) is 0 Å². The molecule has 3 heteroatoms. The van der Waals surface area contributed by atoms with Crippen LogP contribution in [0.4, 0.5) is 0 Å². The summed E-state index contributed by atoms with van der Waals surface area (Å²) in [5.74, 6) is 0.466. The molecule has 0 aromatic heterocycles. The highest BCUT2D eigenvalue weighted by molar-refractivity contribution is 5.74. The third-order valence-electron chi connectivity index (χ3n) is 3.88. The van der Waals surface area contributed by atoms with E-state index in [0.717, 1.165) is 24.8 Å². The number of ether oxygens (including phenoxy) is 2. The first kappa shape index (κ1) is 11.7. The number of benzene rings is 1. The lowest BCUT2D eigenvalue weighted by atomic mass is 9.98. The summed E-state index contributed by atoms with van der Waals surface area (Å²) in [4.78, 5) is 11.9. The van der Waals surface area contributed by atoms with Gasteiger partial charge in [0.2, 0.25) is 0 Å². The third kappa shape index (κ3) is 2.56. The van der Waals surface area contributed by atoms with Crippen LogP contribution in [0.15, 0.2) is 30.3 Å². The van der Waals surface area contributed by atoms with Gasteiger partial charge < -0.3 is 9.47 Å². The summed E-state index contributed by atoms with van der Waals surface area (Å²) in [6, 6.07) is 9.76. The molecule has 1 saturated carbocycles. The molecule has 1 aliphatic carbocycles. The fourth-order valence-corrected chi connectivity index (χ4v) is 2.93. The fraction of sp³-hybridized carbons (Fsp3) is 0.533. The Labute approximate surface area is 107 Å². The number of fused-ring (bicyclic) bond motifs is 2. The van der Waals surface area contributed by atoms with E-state index in [1.807, 2.05) is 30.3 Å². The van der Waals surface area contributed by atoms with E-state index in [2.05, 4.69) is 0 Å². The molecule has 1 aromatic carbocycles. The standard InChI is InChI=1S/C15H18O3/c16-15(17-10-11-4-2-1-3-5-11)14-9-12-6-7-13(8-12)18-14/h1-5,12-14H,6-10H2.